The number of aryl methyl sites for hydroxylation is 1. The van der Waals surface area contributed by atoms with E-state index in [1.165, 1.54) is 16.7 Å². The van der Waals surface area contributed by atoms with Crippen molar-refractivity contribution in [1.29, 1.82) is 0 Å². The second-order valence-corrected chi connectivity index (χ2v) is 4.26. The number of rotatable bonds is 7. The Balaban J connectivity index is 2.43. The molecule has 1 N–H and O–H groups in total. The molecule has 0 atom stereocenters. The van der Waals surface area contributed by atoms with E-state index in [1.54, 1.807) is 7.11 Å². The van der Waals surface area contributed by atoms with Crippen molar-refractivity contribution in [2.75, 3.05) is 26.8 Å². The zero-order valence-electron chi connectivity index (χ0n) is 11.1. The average Bonchev–Trinajstić information content (AvgIpc) is 2.36. The summed E-state index contributed by atoms with van der Waals surface area (Å²) in [5.41, 5.74) is 4.00. The molecule has 2 heteroatoms. The Morgan fingerprint density at radius 2 is 2.00 bits per heavy atom. The van der Waals surface area contributed by atoms with E-state index in [0.717, 1.165) is 26.1 Å². The summed E-state index contributed by atoms with van der Waals surface area (Å²) in [5.74, 6) is 0. The summed E-state index contributed by atoms with van der Waals surface area (Å²) in [5, 5.41) is 3.34. The minimum Gasteiger partial charge on any atom is -0.383 e. The standard InChI is InChI=1S/C15H23NO/c1-4-14-5-7-15(8-6-14)11-13(2)12-16-9-10-17-3/h5-8,11,16H,4,9-10,12H2,1-3H3. The molecule has 0 saturated carbocycles. The highest BCUT2D eigenvalue weighted by molar-refractivity contribution is 5.53. The lowest BCUT2D eigenvalue weighted by Gasteiger charge is -2.05. The van der Waals surface area contributed by atoms with Gasteiger partial charge < -0.3 is 10.1 Å². The minimum atomic E-state index is 0.762. The van der Waals surface area contributed by atoms with Gasteiger partial charge in [-0.1, -0.05) is 42.8 Å². The molecule has 94 valence electrons. The molecule has 0 amide bonds. The molecule has 0 spiro atoms. The second kappa shape index (κ2) is 8.04. The SMILES string of the molecule is CCc1ccc(C=C(C)CNCCOC)cc1. The van der Waals surface area contributed by atoms with Crippen LogP contribution in [0.1, 0.15) is 25.0 Å². The molecule has 1 aromatic carbocycles. The Labute approximate surface area is 105 Å². The van der Waals surface area contributed by atoms with Crippen molar-refractivity contribution in [3.8, 4) is 0 Å². The first-order valence-corrected chi connectivity index (χ1v) is 6.22. The first kappa shape index (κ1) is 13.9. The molecule has 0 bridgehead atoms. The van der Waals surface area contributed by atoms with Crippen molar-refractivity contribution in [3.05, 3.63) is 41.0 Å². The van der Waals surface area contributed by atoms with Crippen LogP contribution in [0.2, 0.25) is 0 Å². The third-order valence-electron chi connectivity index (χ3n) is 2.69. The van der Waals surface area contributed by atoms with Gasteiger partial charge in [-0.3, -0.25) is 0 Å². The normalized spacial score (nSPS) is 11.8. The van der Waals surface area contributed by atoms with E-state index in [4.69, 9.17) is 4.74 Å². The Hall–Kier alpha value is -1.12. The van der Waals surface area contributed by atoms with E-state index in [-0.39, 0.29) is 0 Å². The van der Waals surface area contributed by atoms with Crippen LogP contribution in [0.4, 0.5) is 0 Å². The maximum absolute atomic E-state index is 4.99. The van der Waals surface area contributed by atoms with Crippen molar-refractivity contribution in [3.63, 3.8) is 0 Å². The average molecular weight is 233 g/mol. The van der Waals surface area contributed by atoms with Gasteiger partial charge in [0, 0.05) is 20.2 Å². The predicted molar refractivity (Wildman–Crippen MR) is 74.2 cm³/mol. The topological polar surface area (TPSA) is 21.3 Å². The molecule has 2 nitrogen and oxygen atoms in total. The van der Waals surface area contributed by atoms with Crippen LogP contribution in [0.5, 0.6) is 0 Å². The Kier molecular flexibility index (Phi) is 6.60. The number of benzene rings is 1. The highest BCUT2D eigenvalue weighted by atomic mass is 16.5. The summed E-state index contributed by atoms with van der Waals surface area (Å²) < 4.78 is 4.99. The van der Waals surface area contributed by atoms with E-state index < -0.39 is 0 Å². The van der Waals surface area contributed by atoms with E-state index in [1.807, 2.05) is 0 Å². The molecular formula is C15H23NO. The summed E-state index contributed by atoms with van der Waals surface area (Å²) in [6, 6.07) is 8.74. The van der Waals surface area contributed by atoms with Gasteiger partial charge in [-0.2, -0.15) is 0 Å². The smallest absolute Gasteiger partial charge is 0.0587 e. The maximum atomic E-state index is 4.99. The zero-order chi connectivity index (χ0) is 12.5. The van der Waals surface area contributed by atoms with Crippen molar-refractivity contribution >= 4 is 6.08 Å². The van der Waals surface area contributed by atoms with Crippen molar-refractivity contribution < 1.29 is 4.74 Å². The predicted octanol–water partition coefficient (Wildman–Crippen LogP) is 2.89. The fourth-order valence-electron chi connectivity index (χ4n) is 1.64. The molecule has 0 aromatic heterocycles. The number of nitrogens with one attached hydrogen (secondary N) is 1. The quantitative estimate of drug-likeness (QED) is 0.731. The summed E-state index contributed by atoms with van der Waals surface area (Å²) in [6.07, 6.45) is 3.32. The molecule has 1 rings (SSSR count). The Morgan fingerprint density at radius 1 is 1.29 bits per heavy atom. The summed E-state index contributed by atoms with van der Waals surface area (Å²) >= 11 is 0. The molecule has 0 aliphatic heterocycles. The zero-order valence-corrected chi connectivity index (χ0v) is 11.1. The lowest BCUT2D eigenvalue weighted by atomic mass is 10.1. The molecule has 0 heterocycles. The Morgan fingerprint density at radius 3 is 2.59 bits per heavy atom. The highest BCUT2D eigenvalue weighted by Gasteiger charge is 1.93. The molecule has 0 aliphatic carbocycles. The van der Waals surface area contributed by atoms with Gasteiger partial charge in [0.2, 0.25) is 0 Å². The third kappa shape index (κ3) is 5.66. The molecular weight excluding hydrogens is 210 g/mol. The number of methoxy groups -OCH3 is 1. The van der Waals surface area contributed by atoms with Gasteiger partial charge in [-0.15, -0.1) is 0 Å². The molecule has 0 aliphatic rings. The highest BCUT2D eigenvalue weighted by Crippen LogP contribution is 2.09. The van der Waals surface area contributed by atoms with Crippen LogP contribution >= 0.6 is 0 Å². The van der Waals surface area contributed by atoms with Gasteiger partial charge in [0.25, 0.3) is 0 Å². The van der Waals surface area contributed by atoms with Gasteiger partial charge in [-0.25, -0.2) is 0 Å². The summed E-state index contributed by atoms with van der Waals surface area (Å²) in [6.45, 7) is 6.90. The number of hydrogen-bond acceptors (Lipinski definition) is 2. The van der Waals surface area contributed by atoms with Crippen LogP contribution in [-0.2, 0) is 11.2 Å². The first-order chi connectivity index (χ1) is 8.26. The molecule has 17 heavy (non-hydrogen) atoms. The molecule has 1 aromatic rings. The summed E-state index contributed by atoms with van der Waals surface area (Å²) in [4.78, 5) is 0. The minimum absolute atomic E-state index is 0.762. The molecule has 0 saturated heterocycles. The van der Waals surface area contributed by atoms with Gasteiger partial charge in [0.05, 0.1) is 6.61 Å². The van der Waals surface area contributed by atoms with Crippen molar-refractivity contribution in [2.45, 2.75) is 20.3 Å². The number of ether oxygens (including phenoxy) is 1. The van der Waals surface area contributed by atoms with Crippen molar-refractivity contribution in [2.24, 2.45) is 0 Å². The first-order valence-electron chi connectivity index (χ1n) is 6.22. The van der Waals surface area contributed by atoms with Crippen LogP contribution < -0.4 is 5.32 Å². The third-order valence-corrected chi connectivity index (χ3v) is 2.69. The largest absolute Gasteiger partial charge is 0.383 e. The molecule has 0 radical (unpaired) electrons. The van der Waals surface area contributed by atoms with Crippen LogP contribution in [0, 0.1) is 0 Å². The molecule has 0 unspecified atom stereocenters. The fraction of sp³-hybridized carbons (Fsp3) is 0.467. The monoisotopic (exact) mass is 233 g/mol. The van der Waals surface area contributed by atoms with E-state index in [0.29, 0.717) is 0 Å². The van der Waals surface area contributed by atoms with E-state index in [9.17, 15) is 0 Å². The fourth-order valence-corrected chi connectivity index (χ4v) is 1.64. The van der Waals surface area contributed by atoms with Crippen LogP contribution in [0.25, 0.3) is 6.08 Å². The van der Waals surface area contributed by atoms with Crippen LogP contribution in [-0.4, -0.2) is 26.8 Å². The second-order valence-electron chi connectivity index (χ2n) is 4.26. The van der Waals surface area contributed by atoms with E-state index in [2.05, 4.69) is 49.5 Å². The molecule has 0 fully saturated rings. The lowest BCUT2D eigenvalue weighted by molar-refractivity contribution is 0.200. The van der Waals surface area contributed by atoms with Gasteiger partial charge in [0.1, 0.15) is 0 Å². The van der Waals surface area contributed by atoms with Gasteiger partial charge in [0.15, 0.2) is 0 Å². The Bertz CT molecular complexity index is 340. The number of hydrogen-bond donors (Lipinski definition) is 1. The van der Waals surface area contributed by atoms with Crippen LogP contribution in [0.15, 0.2) is 29.8 Å². The van der Waals surface area contributed by atoms with Crippen molar-refractivity contribution in [1.82, 2.24) is 5.32 Å². The maximum Gasteiger partial charge on any atom is 0.0587 e. The van der Waals surface area contributed by atoms with Gasteiger partial charge in [-0.05, 0) is 24.5 Å². The van der Waals surface area contributed by atoms with Gasteiger partial charge >= 0.3 is 0 Å². The summed E-state index contributed by atoms with van der Waals surface area (Å²) in [7, 11) is 1.72. The lowest BCUT2D eigenvalue weighted by Crippen LogP contribution is -2.20. The van der Waals surface area contributed by atoms with E-state index >= 15 is 0 Å². The van der Waals surface area contributed by atoms with Crippen LogP contribution in [0.3, 0.4) is 0 Å².